The average molecular weight is 340 g/mol. The maximum absolute atomic E-state index is 12.8. The first-order valence-electron chi connectivity index (χ1n) is 4.84. The summed E-state index contributed by atoms with van der Waals surface area (Å²) in [7, 11) is 0. The van der Waals surface area contributed by atoms with E-state index in [1.54, 1.807) is 6.07 Å². The van der Waals surface area contributed by atoms with Gasteiger partial charge in [-0.3, -0.25) is 0 Å². The molecule has 2 nitrogen and oxygen atoms in total. The molecule has 1 heterocycles. The van der Waals surface area contributed by atoms with E-state index in [1.807, 2.05) is 0 Å². The maximum Gasteiger partial charge on any atom is 0.433 e. The molecule has 18 heavy (non-hydrogen) atoms. The SMILES string of the molecule is Cc1c(C(F)(F)F)nc2c(Cl)ccc(Br)c2c1N. The van der Waals surface area contributed by atoms with Gasteiger partial charge in [0.25, 0.3) is 0 Å². The van der Waals surface area contributed by atoms with Crippen LogP contribution in [0.1, 0.15) is 11.3 Å². The summed E-state index contributed by atoms with van der Waals surface area (Å²) in [5.74, 6) is 0. The average Bonchev–Trinajstić information content (AvgIpc) is 2.26. The van der Waals surface area contributed by atoms with E-state index in [9.17, 15) is 13.2 Å². The molecular formula is C11H7BrClF3N2. The van der Waals surface area contributed by atoms with Crippen molar-refractivity contribution >= 4 is 44.1 Å². The molecule has 2 rings (SSSR count). The number of nitrogens with two attached hydrogens (primary N) is 1. The fourth-order valence-corrected chi connectivity index (χ4v) is 2.43. The molecule has 0 fully saturated rings. The van der Waals surface area contributed by atoms with Crippen molar-refractivity contribution < 1.29 is 13.2 Å². The molecule has 0 saturated carbocycles. The summed E-state index contributed by atoms with van der Waals surface area (Å²) in [5.41, 5.74) is 4.72. The first-order valence-corrected chi connectivity index (χ1v) is 6.01. The summed E-state index contributed by atoms with van der Waals surface area (Å²) in [4.78, 5) is 3.60. The van der Waals surface area contributed by atoms with Gasteiger partial charge in [-0.2, -0.15) is 13.2 Å². The molecule has 96 valence electrons. The molecule has 0 bridgehead atoms. The lowest BCUT2D eigenvalue weighted by Gasteiger charge is -2.15. The largest absolute Gasteiger partial charge is 0.433 e. The number of fused-ring (bicyclic) bond motifs is 1. The van der Waals surface area contributed by atoms with Crippen molar-refractivity contribution in [2.24, 2.45) is 0 Å². The Morgan fingerprint density at radius 1 is 1.33 bits per heavy atom. The lowest BCUT2D eigenvalue weighted by molar-refractivity contribution is -0.141. The summed E-state index contributed by atoms with van der Waals surface area (Å²) in [6.07, 6.45) is -4.56. The number of hydrogen-bond acceptors (Lipinski definition) is 2. The van der Waals surface area contributed by atoms with Crippen LogP contribution in [-0.2, 0) is 6.18 Å². The quantitative estimate of drug-likeness (QED) is 0.764. The van der Waals surface area contributed by atoms with Gasteiger partial charge in [0, 0.05) is 21.1 Å². The number of nitrogens with zero attached hydrogens (tertiary/aromatic N) is 1. The van der Waals surface area contributed by atoms with E-state index in [2.05, 4.69) is 20.9 Å². The predicted molar refractivity (Wildman–Crippen MR) is 68.6 cm³/mol. The lowest BCUT2D eigenvalue weighted by Crippen LogP contribution is -2.12. The third-order valence-electron chi connectivity index (χ3n) is 2.60. The second kappa shape index (κ2) is 4.28. The number of alkyl halides is 3. The molecule has 0 aliphatic rings. The zero-order valence-electron chi connectivity index (χ0n) is 9.07. The zero-order chi connectivity index (χ0) is 13.7. The van der Waals surface area contributed by atoms with Crippen LogP contribution in [0.4, 0.5) is 18.9 Å². The number of anilines is 1. The smallest absolute Gasteiger partial charge is 0.398 e. The summed E-state index contributed by atoms with van der Waals surface area (Å²) >= 11 is 9.10. The molecule has 0 radical (unpaired) electrons. The summed E-state index contributed by atoms with van der Waals surface area (Å²) in [5, 5.41) is 0.526. The molecule has 1 aromatic carbocycles. The number of nitrogen functional groups attached to an aromatic ring is 1. The minimum atomic E-state index is -4.56. The number of benzene rings is 1. The van der Waals surface area contributed by atoms with Crippen molar-refractivity contribution in [2.45, 2.75) is 13.1 Å². The monoisotopic (exact) mass is 338 g/mol. The minimum Gasteiger partial charge on any atom is -0.398 e. The second-order valence-electron chi connectivity index (χ2n) is 3.75. The maximum atomic E-state index is 12.8. The zero-order valence-corrected chi connectivity index (χ0v) is 11.4. The van der Waals surface area contributed by atoms with Crippen molar-refractivity contribution in [3.8, 4) is 0 Å². The fourth-order valence-electron chi connectivity index (χ4n) is 1.69. The number of hydrogen-bond donors (Lipinski definition) is 1. The topological polar surface area (TPSA) is 38.9 Å². The van der Waals surface area contributed by atoms with Crippen molar-refractivity contribution in [1.29, 1.82) is 0 Å². The lowest BCUT2D eigenvalue weighted by atomic mass is 10.1. The Kier molecular flexibility index (Phi) is 3.19. The van der Waals surface area contributed by atoms with E-state index in [-0.39, 0.29) is 21.8 Å². The third-order valence-corrected chi connectivity index (χ3v) is 3.56. The van der Waals surface area contributed by atoms with Crippen LogP contribution >= 0.6 is 27.5 Å². The third kappa shape index (κ3) is 2.03. The fraction of sp³-hybridized carbons (Fsp3) is 0.182. The van der Waals surface area contributed by atoms with Crippen LogP contribution in [0.15, 0.2) is 16.6 Å². The number of aromatic nitrogens is 1. The molecule has 2 N–H and O–H groups in total. The van der Waals surface area contributed by atoms with Crippen LogP contribution in [-0.4, -0.2) is 4.98 Å². The Morgan fingerprint density at radius 2 is 1.94 bits per heavy atom. The normalized spacial score (nSPS) is 12.1. The standard InChI is InChI=1S/C11H7BrClF3N2/c1-4-8(17)7-5(12)2-3-6(13)9(7)18-10(4)11(14,15)16/h2-3H,1H3,(H2,17,18). The van der Waals surface area contributed by atoms with Crippen molar-refractivity contribution in [3.63, 3.8) is 0 Å². The Labute approximate surface area is 114 Å². The molecular weight excluding hydrogens is 332 g/mol. The van der Waals surface area contributed by atoms with Gasteiger partial charge in [-0.1, -0.05) is 27.5 Å². The van der Waals surface area contributed by atoms with Gasteiger partial charge in [0.05, 0.1) is 10.5 Å². The molecule has 0 atom stereocenters. The highest BCUT2D eigenvalue weighted by molar-refractivity contribution is 9.10. The van der Waals surface area contributed by atoms with E-state index >= 15 is 0 Å². The van der Waals surface area contributed by atoms with Gasteiger partial charge in [0.15, 0.2) is 0 Å². The predicted octanol–water partition coefficient (Wildman–Crippen LogP) is 4.56. The van der Waals surface area contributed by atoms with E-state index < -0.39 is 11.9 Å². The van der Waals surface area contributed by atoms with Crippen LogP contribution in [0.3, 0.4) is 0 Å². The van der Waals surface area contributed by atoms with Crippen LogP contribution in [0, 0.1) is 6.92 Å². The van der Waals surface area contributed by atoms with Gasteiger partial charge in [-0.05, 0) is 19.1 Å². The van der Waals surface area contributed by atoms with E-state index in [4.69, 9.17) is 17.3 Å². The summed E-state index contributed by atoms with van der Waals surface area (Å²) in [6.45, 7) is 1.29. The summed E-state index contributed by atoms with van der Waals surface area (Å²) < 4.78 is 39.0. The molecule has 7 heteroatoms. The Bertz CT molecular complexity index is 640. The van der Waals surface area contributed by atoms with Crippen molar-refractivity contribution in [3.05, 3.63) is 32.9 Å². The number of pyridine rings is 1. The van der Waals surface area contributed by atoms with Crippen LogP contribution in [0.5, 0.6) is 0 Å². The Hall–Kier alpha value is -1.01. The molecule has 0 spiro atoms. The van der Waals surface area contributed by atoms with E-state index in [0.29, 0.717) is 9.86 Å². The molecule has 0 amide bonds. The van der Waals surface area contributed by atoms with Crippen LogP contribution < -0.4 is 5.73 Å². The molecule has 0 aliphatic carbocycles. The Morgan fingerprint density at radius 3 is 2.50 bits per heavy atom. The second-order valence-corrected chi connectivity index (χ2v) is 5.01. The first kappa shape index (κ1) is 13.4. The molecule has 2 aromatic rings. The van der Waals surface area contributed by atoms with Gasteiger partial charge >= 0.3 is 6.18 Å². The Balaban J connectivity index is 2.97. The minimum absolute atomic E-state index is 0.0294. The van der Waals surface area contributed by atoms with Gasteiger partial charge in [-0.25, -0.2) is 4.98 Å². The van der Waals surface area contributed by atoms with E-state index in [0.717, 1.165) is 0 Å². The highest BCUT2D eigenvalue weighted by Gasteiger charge is 2.36. The van der Waals surface area contributed by atoms with Crippen molar-refractivity contribution in [1.82, 2.24) is 4.98 Å². The van der Waals surface area contributed by atoms with Crippen molar-refractivity contribution in [2.75, 3.05) is 5.73 Å². The highest BCUT2D eigenvalue weighted by Crippen LogP contribution is 2.40. The van der Waals surface area contributed by atoms with Crippen LogP contribution in [0.25, 0.3) is 10.9 Å². The number of rotatable bonds is 0. The van der Waals surface area contributed by atoms with Gasteiger partial charge in [0.2, 0.25) is 0 Å². The summed E-state index contributed by atoms with van der Waals surface area (Å²) in [6, 6.07) is 3.09. The van der Waals surface area contributed by atoms with Gasteiger partial charge < -0.3 is 5.73 Å². The first-order chi connectivity index (χ1) is 8.23. The molecule has 0 unspecified atom stereocenters. The highest BCUT2D eigenvalue weighted by atomic mass is 79.9. The molecule has 0 saturated heterocycles. The molecule has 1 aromatic heterocycles. The van der Waals surface area contributed by atoms with Crippen LogP contribution in [0.2, 0.25) is 5.02 Å². The van der Waals surface area contributed by atoms with Gasteiger partial charge in [-0.15, -0.1) is 0 Å². The van der Waals surface area contributed by atoms with Gasteiger partial charge in [0.1, 0.15) is 5.69 Å². The number of halogens is 5. The molecule has 0 aliphatic heterocycles. The van der Waals surface area contributed by atoms with E-state index in [1.165, 1.54) is 13.0 Å².